The van der Waals surface area contributed by atoms with Crippen LogP contribution in [-0.2, 0) is 0 Å². The van der Waals surface area contributed by atoms with Crippen molar-refractivity contribution in [3.05, 3.63) is 27.8 Å². The number of aryl methyl sites for hydroxylation is 1. The third-order valence-electron chi connectivity index (χ3n) is 2.42. The van der Waals surface area contributed by atoms with Crippen LogP contribution in [-0.4, -0.2) is 9.97 Å². The Morgan fingerprint density at radius 2 is 2.24 bits per heavy atom. The number of thiazole rings is 1. The summed E-state index contributed by atoms with van der Waals surface area (Å²) in [5, 5.41) is 0. The van der Waals surface area contributed by atoms with E-state index < -0.39 is 0 Å². The fourth-order valence-electron chi connectivity index (χ4n) is 1.63. The number of benzene rings is 1. The van der Waals surface area contributed by atoms with Crippen LogP contribution < -0.4 is 5.73 Å². The zero-order valence-corrected chi connectivity index (χ0v) is 11.3. The van der Waals surface area contributed by atoms with E-state index in [1.165, 1.54) is 11.3 Å². The Morgan fingerprint density at radius 3 is 2.94 bits per heavy atom. The zero-order chi connectivity index (χ0) is 12.0. The normalized spacial score (nSPS) is 11.2. The first-order valence-corrected chi connectivity index (χ1v) is 6.58. The predicted molar refractivity (Wildman–Crippen MR) is 72.0 cm³/mol. The summed E-state index contributed by atoms with van der Waals surface area (Å²) in [5.74, 6) is 0.574. The Bertz CT molecular complexity index is 704. The number of oxazole rings is 1. The number of nitrogens with two attached hydrogens (primary N) is 1. The topological polar surface area (TPSA) is 64.9 Å². The van der Waals surface area contributed by atoms with E-state index in [9.17, 15) is 0 Å². The van der Waals surface area contributed by atoms with E-state index in [1.54, 1.807) is 11.6 Å². The number of nitrogens with zero attached hydrogens (tertiary/aromatic N) is 2. The quantitative estimate of drug-likeness (QED) is 0.697. The second-order valence-electron chi connectivity index (χ2n) is 3.63. The molecule has 3 aromatic rings. The Hall–Kier alpha value is -1.40. The monoisotopic (exact) mass is 309 g/mol. The molecule has 0 aliphatic carbocycles. The molecule has 86 valence electrons. The van der Waals surface area contributed by atoms with Crippen molar-refractivity contribution in [3.63, 3.8) is 0 Å². The molecule has 6 heteroatoms. The molecule has 0 aliphatic heterocycles. The average molecular weight is 310 g/mol. The number of rotatable bonds is 1. The number of hydrogen-bond acceptors (Lipinski definition) is 5. The van der Waals surface area contributed by atoms with Crippen molar-refractivity contribution in [3.8, 4) is 10.8 Å². The highest BCUT2D eigenvalue weighted by Gasteiger charge is 2.14. The summed E-state index contributed by atoms with van der Waals surface area (Å²) in [6, 6.07) is 3.69. The second-order valence-corrected chi connectivity index (χ2v) is 5.40. The van der Waals surface area contributed by atoms with Crippen molar-refractivity contribution >= 4 is 44.1 Å². The minimum absolute atomic E-state index is 0.574. The Balaban J connectivity index is 2.27. The van der Waals surface area contributed by atoms with Crippen molar-refractivity contribution < 1.29 is 4.42 Å². The first kappa shape index (κ1) is 10.7. The molecule has 0 aliphatic rings. The van der Waals surface area contributed by atoms with Crippen molar-refractivity contribution in [1.82, 2.24) is 9.97 Å². The summed E-state index contributed by atoms with van der Waals surface area (Å²) in [7, 11) is 0. The maximum Gasteiger partial charge on any atom is 0.239 e. The molecule has 0 bridgehead atoms. The van der Waals surface area contributed by atoms with E-state index in [0.717, 1.165) is 20.6 Å². The Morgan fingerprint density at radius 1 is 1.41 bits per heavy atom. The van der Waals surface area contributed by atoms with Crippen LogP contribution in [0.25, 0.3) is 21.9 Å². The highest BCUT2D eigenvalue weighted by Crippen LogP contribution is 2.33. The minimum Gasteiger partial charge on any atom is -0.433 e. The van der Waals surface area contributed by atoms with Crippen LogP contribution in [0.2, 0.25) is 0 Å². The van der Waals surface area contributed by atoms with Crippen LogP contribution in [0.1, 0.15) is 5.69 Å². The third kappa shape index (κ3) is 1.73. The van der Waals surface area contributed by atoms with Gasteiger partial charge in [0.1, 0.15) is 10.4 Å². The predicted octanol–water partition coefficient (Wildman–Crippen LogP) is 3.60. The van der Waals surface area contributed by atoms with Gasteiger partial charge in [-0.3, -0.25) is 0 Å². The maximum atomic E-state index is 5.89. The van der Waals surface area contributed by atoms with Crippen molar-refractivity contribution in [1.29, 1.82) is 0 Å². The number of fused-ring (bicyclic) bond motifs is 1. The Labute approximate surface area is 110 Å². The Kier molecular flexibility index (Phi) is 2.41. The lowest BCUT2D eigenvalue weighted by Crippen LogP contribution is -1.84. The summed E-state index contributed by atoms with van der Waals surface area (Å²) < 4.78 is 6.58. The van der Waals surface area contributed by atoms with Gasteiger partial charge in [0.15, 0.2) is 5.58 Å². The SMILES string of the molecule is Cc1ncsc1-c1nc2cc(Br)cc(N)c2o1. The molecule has 2 heterocycles. The third-order valence-corrected chi connectivity index (χ3v) is 3.80. The van der Waals surface area contributed by atoms with Gasteiger partial charge in [0.2, 0.25) is 5.89 Å². The number of aromatic nitrogens is 2. The van der Waals surface area contributed by atoms with Crippen LogP contribution in [0.3, 0.4) is 0 Å². The van der Waals surface area contributed by atoms with Crippen LogP contribution in [0.4, 0.5) is 5.69 Å². The number of hydrogen-bond donors (Lipinski definition) is 1. The molecule has 3 rings (SSSR count). The van der Waals surface area contributed by atoms with Gasteiger partial charge in [-0.2, -0.15) is 0 Å². The van der Waals surface area contributed by atoms with E-state index in [2.05, 4.69) is 25.9 Å². The van der Waals surface area contributed by atoms with Crippen molar-refractivity contribution in [2.75, 3.05) is 5.73 Å². The molecule has 0 saturated heterocycles. The van der Waals surface area contributed by atoms with E-state index in [0.29, 0.717) is 17.2 Å². The lowest BCUT2D eigenvalue weighted by atomic mass is 10.3. The van der Waals surface area contributed by atoms with Gasteiger partial charge in [-0.15, -0.1) is 11.3 Å². The molecule has 0 unspecified atom stereocenters. The lowest BCUT2D eigenvalue weighted by molar-refractivity contribution is 0.622. The van der Waals surface area contributed by atoms with Gasteiger partial charge in [0.25, 0.3) is 0 Å². The van der Waals surface area contributed by atoms with Crippen molar-refractivity contribution in [2.45, 2.75) is 6.92 Å². The van der Waals surface area contributed by atoms with Gasteiger partial charge in [-0.1, -0.05) is 15.9 Å². The molecule has 2 aromatic heterocycles. The van der Waals surface area contributed by atoms with Gasteiger partial charge in [0.05, 0.1) is 16.9 Å². The summed E-state index contributed by atoms with van der Waals surface area (Å²) >= 11 is 4.89. The molecule has 1 aromatic carbocycles. The highest BCUT2D eigenvalue weighted by atomic mass is 79.9. The van der Waals surface area contributed by atoms with Gasteiger partial charge in [0, 0.05) is 4.47 Å². The fraction of sp³-hybridized carbons (Fsp3) is 0.0909. The fourth-order valence-corrected chi connectivity index (χ4v) is 2.82. The highest BCUT2D eigenvalue weighted by molar-refractivity contribution is 9.10. The van der Waals surface area contributed by atoms with Gasteiger partial charge in [-0.05, 0) is 19.1 Å². The van der Waals surface area contributed by atoms with Gasteiger partial charge < -0.3 is 10.2 Å². The van der Waals surface area contributed by atoms with E-state index >= 15 is 0 Å². The molecular formula is C11H8BrN3OS. The average Bonchev–Trinajstić information content (AvgIpc) is 2.83. The van der Waals surface area contributed by atoms with Crippen LogP contribution >= 0.6 is 27.3 Å². The first-order chi connectivity index (χ1) is 8.15. The van der Waals surface area contributed by atoms with Crippen LogP contribution in [0.15, 0.2) is 26.5 Å². The smallest absolute Gasteiger partial charge is 0.239 e. The first-order valence-electron chi connectivity index (χ1n) is 4.91. The van der Waals surface area contributed by atoms with Crippen LogP contribution in [0.5, 0.6) is 0 Å². The molecule has 0 amide bonds. The van der Waals surface area contributed by atoms with E-state index in [4.69, 9.17) is 10.2 Å². The maximum absolute atomic E-state index is 5.89. The van der Waals surface area contributed by atoms with Crippen LogP contribution in [0, 0.1) is 6.92 Å². The van der Waals surface area contributed by atoms with Crippen molar-refractivity contribution in [2.24, 2.45) is 0 Å². The summed E-state index contributed by atoms with van der Waals surface area (Å²) in [6.45, 7) is 1.93. The summed E-state index contributed by atoms with van der Waals surface area (Å²) in [6.07, 6.45) is 0. The molecule has 0 fully saturated rings. The van der Waals surface area contributed by atoms with E-state index in [-0.39, 0.29) is 0 Å². The lowest BCUT2D eigenvalue weighted by Gasteiger charge is -1.94. The summed E-state index contributed by atoms with van der Waals surface area (Å²) in [5.41, 5.74) is 10.5. The molecule has 0 spiro atoms. The molecular weight excluding hydrogens is 302 g/mol. The molecule has 2 N–H and O–H groups in total. The zero-order valence-electron chi connectivity index (χ0n) is 8.90. The van der Waals surface area contributed by atoms with Gasteiger partial charge in [-0.25, -0.2) is 9.97 Å². The summed E-state index contributed by atoms with van der Waals surface area (Å²) in [4.78, 5) is 9.55. The minimum atomic E-state index is 0.574. The van der Waals surface area contributed by atoms with E-state index in [1.807, 2.05) is 13.0 Å². The molecule has 4 nitrogen and oxygen atoms in total. The largest absolute Gasteiger partial charge is 0.433 e. The molecule has 17 heavy (non-hydrogen) atoms. The molecule has 0 radical (unpaired) electrons. The second kappa shape index (κ2) is 3.82. The number of anilines is 1. The van der Waals surface area contributed by atoms with Gasteiger partial charge >= 0.3 is 0 Å². The number of halogens is 1. The molecule has 0 saturated carbocycles. The number of nitrogen functional groups attached to an aromatic ring is 1. The molecule has 0 atom stereocenters. The standard InChI is InChI=1S/C11H8BrN3OS/c1-5-10(17-4-14-5)11-15-8-3-6(12)2-7(13)9(8)16-11/h2-4H,13H2,1H3.